The van der Waals surface area contributed by atoms with Crippen LogP contribution >= 0.6 is 0 Å². The number of benzene rings is 14. The van der Waals surface area contributed by atoms with Crippen LogP contribution in [0.5, 0.6) is 0 Å². The Balaban J connectivity index is 0.000000176. The van der Waals surface area contributed by atoms with Crippen molar-refractivity contribution in [3.63, 3.8) is 0 Å². The molecule has 0 aliphatic carbocycles. The van der Waals surface area contributed by atoms with E-state index >= 15 is 0 Å². The summed E-state index contributed by atoms with van der Waals surface area (Å²) in [5, 5.41) is 4.94. The number of aromatic nitrogens is 2. The first kappa shape index (κ1) is 73.8. The quantitative estimate of drug-likeness (QED) is 0.0959. The number of hydrogen-bond acceptors (Lipinski definition) is 2. The van der Waals surface area contributed by atoms with Crippen molar-refractivity contribution in [3.8, 4) is 11.4 Å². The van der Waals surface area contributed by atoms with Crippen molar-refractivity contribution in [2.45, 2.75) is 143 Å². The normalized spacial score (nSPS) is 12.4. The van der Waals surface area contributed by atoms with E-state index in [1.165, 1.54) is 122 Å². The van der Waals surface area contributed by atoms with Crippen LogP contribution in [-0.4, -0.2) is 9.13 Å². The summed E-state index contributed by atoms with van der Waals surface area (Å²) in [5.74, 6) is 0. The summed E-state index contributed by atoms with van der Waals surface area (Å²) in [4.78, 5) is 4.78. The average Bonchev–Trinajstić information content (AvgIpc) is 1.44. The van der Waals surface area contributed by atoms with Gasteiger partial charge in [0.15, 0.2) is 0 Å². The Morgan fingerprint density at radius 3 is 0.700 bits per heavy atom. The van der Waals surface area contributed by atoms with Crippen LogP contribution in [0.3, 0.4) is 0 Å². The van der Waals surface area contributed by atoms with Gasteiger partial charge >= 0.3 is 0 Å². The predicted molar refractivity (Wildman–Crippen MR) is 472 cm³/mol. The van der Waals surface area contributed by atoms with Gasteiger partial charge in [-0.25, -0.2) is 0 Å². The summed E-state index contributed by atoms with van der Waals surface area (Å²) in [6.07, 6.45) is 0. The number of hydrogen-bond donors (Lipinski definition) is 0. The highest BCUT2D eigenvalue weighted by atomic mass is 15.1. The fourth-order valence-electron chi connectivity index (χ4n) is 16.3. The smallest absolute Gasteiger partial charge is 0.0542 e. The molecule has 0 saturated carbocycles. The molecule has 0 atom stereocenters. The van der Waals surface area contributed by atoms with Crippen molar-refractivity contribution in [1.29, 1.82) is 0 Å². The highest BCUT2D eigenvalue weighted by molar-refractivity contribution is 6.12. The Bertz CT molecular complexity index is 5700. The molecule has 0 aliphatic heterocycles. The van der Waals surface area contributed by atoms with Crippen LogP contribution in [0.1, 0.15) is 164 Å². The summed E-state index contributed by atoms with van der Waals surface area (Å²) < 4.78 is 4.97. The summed E-state index contributed by atoms with van der Waals surface area (Å²) >= 11 is 0. The van der Waals surface area contributed by atoms with E-state index < -0.39 is 0 Å². The number of fused-ring (bicyclic) bond motifs is 6. The monoisotopic (exact) mass is 1430 g/mol. The second-order valence-electron chi connectivity index (χ2n) is 34.5. The second-order valence-corrected chi connectivity index (χ2v) is 34.5. The molecule has 2 heterocycles. The van der Waals surface area contributed by atoms with E-state index in [1.54, 1.807) is 0 Å². The third kappa shape index (κ3) is 14.2. The van der Waals surface area contributed by atoms with Crippen LogP contribution in [0.2, 0.25) is 0 Å². The minimum absolute atomic E-state index is 0.0717. The molecule has 4 nitrogen and oxygen atoms in total. The molecule has 16 rings (SSSR count). The average molecular weight is 1430 g/mol. The van der Waals surface area contributed by atoms with Crippen LogP contribution < -0.4 is 9.80 Å². The summed E-state index contributed by atoms with van der Waals surface area (Å²) in [6, 6.07) is 126. The second kappa shape index (κ2) is 29.0. The van der Waals surface area contributed by atoms with Gasteiger partial charge in [0.05, 0.1) is 22.1 Å². The topological polar surface area (TPSA) is 16.3 Å². The Labute approximate surface area is 653 Å². The molecule has 0 amide bonds. The van der Waals surface area contributed by atoms with E-state index in [4.69, 9.17) is 0 Å². The number of para-hydroxylation sites is 2. The van der Waals surface area contributed by atoms with Crippen molar-refractivity contribution >= 4 is 77.7 Å². The van der Waals surface area contributed by atoms with Crippen molar-refractivity contribution in [2.75, 3.05) is 9.80 Å². The Morgan fingerprint density at radius 2 is 0.427 bits per heavy atom. The Hall–Kier alpha value is -11.7. The van der Waals surface area contributed by atoms with Crippen molar-refractivity contribution in [3.05, 3.63) is 406 Å². The summed E-state index contributed by atoms with van der Waals surface area (Å²) in [5.41, 5.74) is 28.7. The van der Waals surface area contributed by atoms with Crippen LogP contribution in [0.25, 0.3) is 55.0 Å². The molecule has 110 heavy (non-hydrogen) atoms. The fraction of sp³-hybridized carbons (Fsp3) is 0.208. The van der Waals surface area contributed by atoms with Crippen LogP contribution in [0.15, 0.2) is 340 Å². The van der Waals surface area contributed by atoms with Crippen LogP contribution in [-0.2, 0) is 32.5 Å². The van der Waals surface area contributed by atoms with E-state index in [1.807, 2.05) is 0 Å². The van der Waals surface area contributed by atoms with E-state index in [0.717, 1.165) is 34.1 Å². The van der Waals surface area contributed by atoms with E-state index in [-0.39, 0.29) is 32.5 Å². The van der Waals surface area contributed by atoms with E-state index in [2.05, 4.69) is 469 Å². The van der Waals surface area contributed by atoms with Gasteiger partial charge in [-0.15, -0.1) is 0 Å². The zero-order valence-corrected chi connectivity index (χ0v) is 67.1. The van der Waals surface area contributed by atoms with Crippen molar-refractivity contribution in [2.24, 2.45) is 0 Å². The maximum Gasteiger partial charge on any atom is 0.0542 e. The molecule has 0 N–H and O–H groups in total. The molecule has 16 aromatic rings. The first-order chi connectivity index (χ1) is 52.6. The zero-order chi connectivity index (χ0) is 77.1. The molecule has 0 bridgehead atoms. The molecule has 0 spiro atoms. The zero-order valence-electron chi connectivity index (χ0n) is 67.1. The van der Waals surface area contributed by atoms with Gasteiger partial charge in [0.1, 0.15) is 0 Å². The summed E-state index contributed by atoms with van der Waals surface area (Å²) in [6.45, 7) is 36.8. The molecule has 14 aromatic carbocycles. The SMILES string of the molecule is CC(C)(C)c1ccc(N(c2ccc(C(C)(C)C)cc2)c2ccc3c(c2)c2ccccc2n3-c2cc(C(C)(C)c3ccccc3)cc(C(C)(C)c3ccccc3)c2)cc1.Cc1ccc(N(c2ccc(C)cc2)c2ccc3c(c2)c2ccccc2n3-c2cc(C(C)(C)c3ccccc3)cc(C(C)(C)c3ccccc3)c2)cc1. The lowest BCUT2D eigenvalue weighted by molar-refractivity contribution is 0.590. The maximum atomic E-state index is 2.49. The van der Waals surface area contributed by atoms with Crippen molar-refractivity contribution < 1.29 is 0 Å². The Kier molecular flexibility index (Phi) is 19.5. The lowest BCUT2D eigenvalue weighted by Crippen LogP contribution is -2.23. The van der Waals surface area contributed by atoms with E-state index in [0.29, 0.717) is 0 Å². The van der Waals surface area contributed by atoms with Crippen LogP contribution in [0.4, 0.5) is 34.1 Å². The van der Waals surface area contributed by atoms with Gasteiger partial charge in [0, 0.05) is 88.7 Å². The number of anilines is 6. The van der Waals surface area contributed by atoms with Gasteiger partial charge in [-0.05, 0) is 202 Å². The highest BCUT2D eigenvalue weighted by Gasteiger charge is 2.33. The molecule has 0 radical (unpaired) electrons. The Morgan fingerprint density at radius 1 is 0.191 bits per heavy atom. The minimum Gasteiger partial charge on any atom is -0.310 e. The van der Waals surface area contributed by atoms with Gasteiger partial charge < -0.3 is 18.9 Å². The van der Waals surface area contributed by atoms with Gasteiger partial charge in [-0.2, -0.15) is 0 Å². The first-order valence-electron chi connectivity index (χ1n) is 39.2. The molecule has 0 aliphatic rings. The largest absolute Gasteiger partial charge is 0.310 e. The minimum atomic E-state index is -0.226. The van der Waals surface area contributed by atoms with Crippen LogP contribution in [0, 0.1) is 13.8 Å². The maximum absolute atomic E-state index is 2.49. The molecular weight excluding hydrogens is 1330 g/mol. The number of nitrogens with zero attached hydrogens (tertiary/aromatic N) is 4. The molecular formula is C106H104N4. The molecule has 548 valence electrons. The fourth-order valence-corrected chi connectivity index (χ4v) is 16.3. The van der Waals surface area contributed by atoms with Gasteiger partial charge in [0.25, 0.3) is 0 Å². The van der Waals surface area contributed by atoms with Gasteiger partial charge in [-0.3, -0.25) is 0 Å². The lowest BCUT2D eigenvalue weighted by atomic mass is 9.73. The highest BCUT2D eigenvalue weighted by Crippen LogP contribution is 2.47. The van der Waals surface area contributed by atoms with Gasteiger partial charge in [-0.1, -0.05) is 326 Å². The molecule has 0 unspecified atom stereocenters. The number of aryl methyl sites for hydroxylation is 2. The molecule has 0 saturated heterocycles. The molecule has 4 heteroatoms. The number of rotatable bonds is 16. The molecule has 0 fully saturated rings. The summed E-state index contributed by atoms with van der Waals surface area (Å²) in [7, 11) is 0. The lowest BCUT2D eigenvalue weighted by Gasteiger charge is -2.32. The molecule has 2 aromatic heterocycles. The third-order valence-electron chi connectivity index (χ3n) is 23.6. The van der Waals surface area contributed by atoms with Crippen molar-refractivity contribution in [1.82, 2.24) is 9.13 Å². The van der Waals surface area contributed by atoms with Gasteiger partial charge in [0.2, 0.25) is 0 Å². The first-order valence-corrected chi connectivity index (χ1v) is 39.2. The standard InChI is InChI=1S/C56H58N2.C50H46N2/c1-53(2,3)39-25-29-45(30-26-39)57(46-31-27-40(28-32-46)54(4,5)6)47-33-34-52-50(38-47)49-23-17-18-24-51(49)58(52)48-36-43(55(7,8)41-19-13-11-14-20-41)35-44(37-48)56(9,10)42-21-15-12-16-22-42;1-35-21-25-41(26-22-35)51(42-27-23-36(2)24-28-42)43-29-30-48-46(34-43)45-19-13-14-20-47(45)52(48)44-32-39(49(3,4)37-15-9-7-10-16-37)31-40(33-44)50(5,6)38-17-11-8-12-18-38/h11-38H,1-10H3;7-34H,1-6H3. The predicted octanol–water partition coefficient (Wildman–Crippen LogP) is 29.0. The third-order valence-corrected chi connectivity index (χ3v) is 23.6. The van der Waals surface area contributed by atoms with E-state index in [9.17, 15) is 0 Å².